The van der Waals surface area contributed by atoms with Crippen LogP contribution in [0.3, 0.4) is 0 Å². The molecule has 0 unspecified atom stereocenters. The van der Waals surface area contributed by atoms with Crippen molar-refractivity contribution in [3.8, 4) is 11.5 Å². The van der Waals surface area contributed by atoms with Crippen LogP contribution < -0.4 is 20.1 Å². The third-order valence-electron chi connectivity index (χ3n) is 3.27. The van der Waals surface area contributed by atoms with Crippen molar-refractivity contribution < 1.29 is 23.0 Å². The SMILES string of the molecule is COc1cc(C(=O)N[C@H]2CCCNC2)ccc1OC(F)F. The van der Waals surface area contributed by atoms with Crippen LogP contribution in [-0.4, -0.2) is 38.8 Å². The molecule has 2 rings (SSSR count). The normalized spacial score (nSPS) is 18.4. The summed E-state index contributed by atoms with van der Waals surface area (Å²) in [7, 11) is 1.33. The first-order chi connectivity index (χ1) is 10.1. The first-order valence-electron chi connectivity index (χ1n) is 6.74. The summed E-state index contributed by atoms with van der Waals surface area (Å²) >= 11 is 0. The van der Waals surface area contributed by atoms with Crippen LogP contribution in [0.2, 0.25) is 0 Å². The van der Waals surface area contributed by atoms with Gasteiger partial charge in [0.05, 0.1) is 7.11 Å². The van der Waals surface area contributed by atoms with Gasteiger partial charge in [-0.05, 0) is 37.6 Å². The summed E-state index contributed by atoms with van der Waals surface area (Å²) in [5, 5.41) is 6.10. The van der Waals surface area contributed by atoms with Gasteiger partial charge in [0, 0.05) is 18.2 Å². The summed E-state index contributed by atoms with van der Waals surface area (Å²) in [6, 6.07) is 4.21. The lowest BCUT2D eigenvalue weighted by atomic mass is 10.1. The van der Waals surface area contributed by atoms with E-state index in [2.05, 4.69) is 15.4 Å². The van der Waals surface area contributed by atoms with Gasteiger partial charge in [0.25, 0.3) is 5.91 Å². The average Bonchev–Trinajstić information content (AvgIpc) is 2.48. The Morgan fingerprint density at radius 3 is 2.86 bits per heavy atom. The van der Waals surface area contributed by atoms with Crippen molar-refractivity contribution >= 4 is 5.91 Å². The van der Waals surface area contributed by atoms with E-state index in [9.17, 15) is 13.6 Å². The Hall–Kier alpha value is -1.89. The minimum atomic E-state index is -2.94. The number of carbonyl (C=O) groups is 1. The molecule has 5 nitrogen and oxygen atoms in total. The van der Waals surface area contributed by atoms with Crippen LogP contribution in [0.1, 0.15) is 23.2 Å². The van der Waals surface area contributed by atoms with E-state index in [1.54, 1.807) is 0 Å². The minimum Gasteiger partial charge on any atom is -0.493 e. The Morgan fingerprint density at radius 1 is 1.43 bits per heavy atom. The Kier molecular flexibility index (Phi) is 5.32. The molecule has 1 aromatic rings. The van der Waals surface area contributed by atoms with Crippen LogP contribution in [0.5, 0.6) is 11.5 Å². The summed E-state index contributed by atoms with van der Waals surface area (Å²) in [5.74, 6) is -0.251. The Bertz CT molecular complexity index is 491. The van der Waals surface area contributed by atoms with Crippen LogP contribution >= 0.6 is 0 Å². The Balaban J connectivity index is 2.06. The first kappa shape index (κ1) is 15.5. The summed E-state index contributed by atoms with van der Waals surface area (Å²) in [5.41, 5.74) is 0.346. The molecule has 1 saturated heterocycles. The molecule has 0 radical (unpaired) electrons. The molecule has 7 heteroatoms. The number of carbonyl (C=O) groups excluding carboxylic acids is 1. The zero-order chi connectivity index (χ0) is 15.2. The second kappa shape index (κ2) is 7.21. The number of nitrogens with one attached hydrogen (secondary N) is 2. The molecule has 0 bridgehead atoms. The van der Waals surface area contributed by atoms with Crippen molar-refractivity contribution in [2.45, 2.75) is 25.5 Å². The van der Waals surface area contributed by atoms with Gasteiger partial charge in [0.1, 0.15) is 0 Å². The molecule has 1 atom stereocenters. The molecule has 1 fully saturated rings. The van der Waals surface area contributed by atoms with Crippen LogP contribution in [0, 0.1) is 0 Å². The van der Waals surface area contributed by atoms with E-state index in [1.165, 1.54) is 25.3 Å². The van der Waals surface area contributed by atoms with Gasteiger partial charge in [-0.3, -0.25) is 4.79 Å². The zero-order valence-corrected chi connectivity index (χ0v) is 11.7. The summed E-state index contributed by atoms with van der Waals surface area (Å²) < 4.78 is 33.8. The number of amides is 1. The van der Waals surface area contributed by atoms with E-state index in [0.717, 1.165) is 25.9 Å². The highest BCUT2D eigenvalue weighted by molar-refractivity contribution is 5.95. The quantitative estimate of drug-likeness (QED) is 0.870. The first-order valence-corrected chi connectivity index (χ1v) is 6.74. The molecular formula is C14H18F2N2O3. The van der Waals surface area contributed by atoms with E-state index < -0.39 is 6.61 Å². The summed E-state index contributed by atoms with van der Waals surface area (Å²) in [4.78, 5) is 12.1. The van der Waals surface area contributed by atoms with Crippen molar-refractivity contribution in [2.24, 2.45) is 0 Å². The minimum absolute atomic E-state index is 0.0780. The van der Waals surface area contributed by atoms with Gasteiger partial charge >= 0.3 is 6.61 Å². The van der Waals surface area contributed by atoms with E-state index >= 15 is 0 Å². The number of hydrogen-bond donors (Lipinski definition) is 2. The van der Waals surface area contributed by atoms with Gasteiger partial charge in [-0.1, -0.05) is 0 Å². The molecule has 0 spiro atoms. The molecule has 1 amide bonds. The van der Waals surface area contributed by atoms with E-state index in [4.69, 9.17) is 4.74 Å². The lowest BCUT2D eigenvalue weighted by Gasteiger charge is -2.24. The molecule has 1 heterocycles. The van der Waals surface area contributed by atoms with Gasteiger partial charge in [0.15, 0.2) is 11.5 Å². The van der Waals surface area contributed by atoms with Crippen molar-refractivity contribution in [2.75, 3.05) is 20.2 Å². The fourth-order valence-corrected chi connectivity index (χ4v) is 2.25. The number of rotatable bonds is 5. The summed E-state index contributed by atoms with van der Waals surface area (Å²) in [6.45, 7) is -1.25. The number of alkyl halides is 2. The fourth-order valence-electron chi connectivity index (χ4n) is 2.25. The molecule has 1 aromatic carbocycles. The van der Waals surface area contributed by atoms with Gasteiger partial charge in [-0.15, -0.1) is 0 Å². The van der Waals surface area contributed by atoms with Gasteiger partial charge in [0.2, 0.25) is 0 Å². The van der Waals surface area contributed by atoms with E-state index in [-0.39, 0.29) is 23.4 Å². The van der Waals surface area contributed by atoms with Crippen LogP contribution in [-0.2, 0) is 0 Å². The molecule has 1 aliphatic heterocycles. The number of ether oxygens (including phenoxy) is 2. The van der Waals surface area contributed by atoms with Gasteiger partial charge < -0.3 is 20.1 Å². The Labute approximate surface area is 121 Å². The molecule has 1 aliphatic rings. The molecular weight excluding hydrogens is 282 g/mol. The molecule has 116 valence electrons. The number of hydrogen-bond acceptors (Lipinski definition) is 4. The smallest absolute Gasteiger partial charge is 0.387 e. The lowest BCUT2D eigenvalue weighted by molar-refractivity contribution is -0.0512. The van der Waals surface area contributed by atoms with Gasteiger partial charge in [-0.25, -0.2) is 0 Å². The topological polar surface area (TPSA) is 59.6 Å². The highest BCUT2D eigenvalue weighted by atomic mass is 19.3. The molecule has 0 aromatic heterocycles. The molecule has 0 aliphatic carbocycles. The second-order valence-electron chi connectivity index (χ2n) is 4.76. The van der Waals surface area contributed by atoms with Crippen molar-refractivity contribution in [1.29, 1.82) is 0 Å². The van der Waals surface area contributed by atoms with Crippen LogP contribution in [0.25, 0.3) is 0 Å². The van der Waals surface area contributed by atoms with Crippen molar-refractivity contribution in [3.05, 3.63) is 23.8 Å². The molecule has 2 N–H and O–H groups in total. The maximum absolute atomic E-state index is 12.2. The Morgan fingerprint density at radius 2 is 2.24 bits per heavy atom. The summed E-state index contributed by atoms with van der Waals surface area (Å²) in [6.07, 6.45) is 1.93. The average molecular weight is 300 g/mol. The maximum Gasteiger partial charge on any atom is 0.387 e. The highest BCUT2D eigenvalue weighted by Crippen LogP contribution is 2.29. The van der Waals surface area contributed by atoms with E-state index in [1.807, 2.05) is 0 Å². The largest absolute Gasteiger partial charge is 0.493 e. The van der Waals surface area contributed by atoms with Crippen molar-refractivity contribution in [1.82, 2.24) is 10.6 Å². The third kappa shape index (κ3) is 4.29. The number of piperidine rings is 1. The third-order valence-corrected chi connectivity index (χ3v) is 3.27. The van der Waals surface area contributed by atoms with Crippen molar-refractivity contribution in [3.63, 3.8) is 0 Å². The second-order valence-corrected chi connectivity index (χ2v) is 4.76. The van der Waals surface area contributed by atoms with Crippen LogP contribution in [0.15, 0.2) is 18.2 Å². The standard InChI is InChI=1S/C14H18F2N2O3/c1-20-12-7-9(4-5-11(12)21-14(15)16)13(19)18-10-3-2-6-17-8-10/h4-5,7,10,14,17H,2-3,6,8H2,1H3,(H,18,19)/t10-/m0/s1. The van der Waals surface area contributed by atoms with E-state index in [0.29, 0.717) is 5.56 Å². The number of methoxy groups -OCH3 is 1. The number of benzene rings is 1. The molecule has 21 heavy (non-hydrogen) atoms. The molecule has 0 saturated carbocycles. The highest BCUT2D eigenvalue weighted by Gasteiger charge is 2.18. The monoisotopic (exact) mass is 300 g/mol. The number of halogens is 2. The predicted molar refractivity (Wildman–Crippen MR) is 73.0 cm³/mol. The van der Waals surface area contributed by atoms with Crippen LogP contribution in [0.4, 0.5) is 8.78 Å². The van der Waals surface area contributed by atoms with Gasteiger partial charge in [-0.2, -0.15) is 8.78 Å². The zero-order valence-electron chi connectivity index (χ0n) is 11.7. The predicted octanol–water partition coefficient (Wildman–Crippen LogP) is 1.78. The maximum atomic E-state index is 12.2. The fraction of sp³-hybridized carbons (Fsp3) is 0.500. The lowest BCUT2D eigenvalue weighted by Crippen LogP contribution is -2.45.